The van der Waals surface area contributed by atoms with Crippen molar-refractivity contribution in [2.75, 3.05) is 0 Å². The van der Waals surface area contributed by atoms with E-state index in [4.69, 9.17) is 21.6 Å². The second-order valence-corrected chi connectivity index (χ2v) is 11.3. The predicted molar refractivity (Wildman–Crippen MR) is 152 cm³/mol. The molecule has 4 heterocycles. The number of hydrogen-bond donors (Lipinski definition) is 2. The van der Waals surface area contributed by atoms with Gasteiger partial charge in [-0.2, -0.15) is 0 Å². The molecule has 2 aliphatic rings. The average Bonchev–Trinajstić information content (AvgIpc) is 3.37. The third kappa shape index (κ3) is 4.39. The van der Waals surface area contributed by atoms with Crippen LogP contribution in [-0.2, 0) is 0 Å². The number of benzene rings is 1. The zero-order valence-corrected chi connectivity index (χ0v) is 23.0. The molecule has 0 bridgehead atoms. The summed E-state index contributed by atoms with van der Waals surface area (Å²) < 4.78 is 0. The Morgan fingerprint density at radius 2 is 1.66 bits per heavy atom. The lowest BCUT2D eigenvalue weighted by molar-refractivity contribution is 0.865. The van der Waals surface area contributed by atoms with E-state index in [9.17, 15) is 0 Å². The van der Waals surface area contributed by atoms with Crippen molar-refractivity contribution in [1.82, 2.24) is 10.6 Å². The van der Waals surface area contributed by atoms with E-state index >= 15 is 0 Å². The standard InChI is InChI=1S/C28H29ClN4S2/c1-6-22-30-12-20(19-10-8-7-9-11-19)23(32-22)26-17(4)18(5)27(35-26)28-31-13-21(29)24(33-28)25-16(3)15(2)14-34-25/h7-14,23-24H,6H2,1-5H3,(H,30,32)(H,31,33). The minimum atomic E-state index is -0.166. The van der Waals surface area contributed by atoms with Crippen LogP contribution in [0.25, 0.3) is 5.57 Å². The van der Waals surface area contributed by atoms with Gasteiger partial charge in [-0.3, -0.25) is 9.98 Å². The molecule has 5 rings (SSSR count). The number of rotatable bonds is 5. The maximum absolute atomic E-state index is 6.64. The van der Waals surface area contributed by atoms with Crippen LogP contribution in [0.4, 0.5) is 0 Å². The summed E-state index contributed by atoms with van der Waals surface area (Å²) >= 11 is 10.1. The Bertz CT molecular complexity index is 1390. The molecule has 2 aromatic heterocycles. The van der Waals surface area contributed by atoms with Gasteiger partial charge in [-0.25, -0.2) is 0 Å². The van der Waals surface area contributed by atoms with E-state index in [1.807, 2.05) is 12.3 Å². The molecule has 35 heavy (non-hydrogen) atoms. The number of halogens is 1. The molecule has 0 aliphatic carbocycles. The number of hydrogen-bond acceptors (Lipinski definition) is 6. The molecule has 2 unspecified atom stereocenters. The van der Waals surface area contributed by atoms with Crippen LogP contribution in [0.1, 0.15) is 67.9 Å². The Labute approximate surface area is 220 Å². The number of aliphatic imine (C=N–C) groups is 2. The predicted octanol–water partition coefficient (Wildman–Crippen LogP) is 7.71. The first kappa shape index (κ1) is 24.0. The van der Waals surface area contributed by atoms with Gasteiger partial charge in [0.2, 0.25) is 0 Å². The average molecular weight is 521 g/mol. The molecule has 0 saturated heterocycles. The fraction of sp³-hybridized carbons (Fsp3) is 0.286. The van der Waals surface area contributed by atoms with Crippen molar-refractivity contribution in [1.29, 1.82) is 0 Å². The molecule has 180 valence electrons. The van der Waals surface area contributed by atoms with Gasteiger partial charge >= 0.3 is 0 Å². The molecule has 4 nitrogen and oxygen atoms in total. The van der Waals surface area contributed by atoms with Gasteiger partial charge < -0.3 is 10.6 Å². The Morgan fingerprint density at radius 1 is 0.886 bits per heavy atom. The van der Waals surface area contributed by atoms with Gasteiger partial charge in [-0.1, -0.05) is 48.9 Å². The van der Waals surface area contributed by atoms with E-state index in [1.165, 1.54) is 43.1 Å². The highest BCUT2D eigenvalue weighted by Gasteiger charge is 2.30. The van der Waals surface area contributed by atoms with Crippen molar-refractivity contribution in [2.45, 2.75) is 53.1 Å². The molecule has 1 aromatic carbocycles. The van der Waals surface area contributed by atoms with E-state index in [-0.39, 0.29) is 12.1 Å². The van der Waals surface area contributed by atoms with Crippen molar-refractivity contribution in [3.63, 3.8) is 0 Å². The molecule has 0 radical (unpaired) electrons. The van der Waals surface area contributed by atoms with Gasteiger partial charge in [-0.15, -0.1) is 22.7 Å². The van der Waals surface area contributed by atoms with E-state index in [2.05, 4.69) is 81.1 Å². The van der Waals surface area contributed by atoms with E-state index in [0.29, 0.717) is 0 Å². The monoisotopic (exact) mass is 520 g/mol. The smallest absolute Gasteiger partial charge is 0.143 e. The first-order valence-corrected chi connectivity index (χ1v) is 13.9. The quantitative estimate of drug-likeness (QED) is 0.362. The van der Waals surface area contributed by atoms with Crippen molar-refractivity contribution in [3.05, 3.63) is 95.6 Å². The molecule has 2 N–H and O–H groups in total. The molecule has 0 spiro atoms. The van der Waals surface area contributed by atoms with Crippen LogP contribution in [0.5, 0.6) is 0 Å². The summed E-state index contributed by atoms with van der Waals surface area (Å²) in [6.07, 6.45) is 4.88. The van der Waals surface area contributed by atoms with Gasteiger partial charge in [-0.05, 0) is 60.9 Å². The van der Waals surface area contributed by atoms with Crippen LogP contribution in [-0.4, -0.2) is 11.7 Å². The van der Waals surface area contributed by atoms with Crippen LogP contribution in [0.3, 0.4) is 0 Å². The topological polar surface area (TPSA) is 48.8 Å². The fourth-order valence-corrected chi connectivity index (χ4v) is 7.15. The minimum Gasteiger partial charge on any atom is -0.350 e. The molecular weight excluding hydrogens is 492 g/mol. The molecule has 0 saturated carbocycles. The number of nitrogens with zero attached hydrogens (tertiary/aromatic N) is 2. The largest absolute Gasteiger partial charge is 0.350 e. The van der Waals surface area contributed by atoms with Crippen LogP contribution >= 0.6 is 34.3 Å². The third-order valence-electron chi connectivity index (χ3n) is 6.80. The molecule has 7 heteroatoms. The highest BCUT2D eigenvalue weighted by molar-refractivity contribution is 7.14. The summed E-state index contributed by atoms with van der Waals surface area (Å²) in [6, 6.07) is 10.3. The zero-order valence-electron chi connectivity index (χ0n) is 20.6. The van der Waals surface area contributed by atoms with Crippen LogP contribution < -0.4 is 10.6 Å². The number of amidine groups is 2. The number of thiophene rings is 2. The normalized spacial score (nSPS) is 19.8. The van der Waals surface area contributed by atoms with E-state index in [1.54, 1.807) is 22.7 Å². The highest BCUT2D eigenvalue weighted by Crippen LogP contribution is 2.43. The van der Waals surface area contributed by atoms with E-state index < -0.39 is 0 Å². The SMILES string of the molecule is CCC1=NC(c2sc(C3=NC(c4scc(C)c4C)C(Cl)=CN3)c(C)c2C)C(c2ccccc2)=CN1. The van der Waals surface area contributed by atoms with Crippen molar-refractivity contribution < 1.29 is 0 Å². The second-order valence-electron chi connectivity index (χ2n) is 8.95. The Balaban J connectivity index is 1.57. The highest BCUT2D eigenvalue weighted by atomic mass is 35.5. The summed E-state index contributed by atoms with van der Waals surface area (Å²) in [7, 11) is 0. The minimum absolute atomic E-state index is 0.0487. The van der Waals surface area contributed by atoms with Gasteiger partial charge in [0.1, 0.15) is 23.8 Å². The molecule has 2 atom stereocenters. The van der Waals surface area contributed by atoms with Crippen LogP contribution in [0.2, 0.25) is 0 Å². The van der Waals surface area contributed by atoms with Gasteiger partial charge in [0.05, 0.1) is 9.91 Å². The Morgan fingerprint density at radius 3 is 2.34 bits per heavy atom. The molecule has 2 aliphatic heterocycles. The summed E-state index contributed by atoms with van der Waals surface area (Å²) in [5, 5.41) is 9.66. The number of aryl methyl sites for hydroxylation is 1. The summed E-state index contributed by atoms with van der Waals surface area (Å²) in [5.74, 6) is 1.88. The van der Waals surface area contributed by atoms with Gasteiger partial charge in [0, 0.05) is 34.1 Å². The first-order chi connectivity index (χ1) is 16.9. The Hall–Kier alpha value is -2.67. The molecule has 0 amide bonds. The fourth-order valence-electron chi connectivity index (χ4n) is 4.42. The lowest BCUT2D eigenvalue weighted by Gasteiger charge is -2.23. The summed E-state index contributed by atoms with van der Waals surface area (Å²) in [5.41, 5.74) is 7.42. The number of nitrogens with one attached hydrogen (secondary N) is 2. The first-order valence-electron chi connectivity index (χ1n) is 11.8. The summed E-state index contributed by atoms with van der Waals surface area (Å²) in [4.78, 5) is 13.9. The molecule has 0 fully saturated rings. The van der Waals surface area contributed by atoms with Crippen molar-refractivity contribution in [2.24, 2.45) is 9.98 Å². The lowest BCUT2D eigenvalue weighted by atomic mass is 9.95. The van der Waals surface area contributed by atoms with Crippen molar-refractivity contribution >= 4 is 51.5 Å². The van der Waals surface area contributed by atoms with Crippen molar-refractivity contribution in [3.8, 4) is 0 Å². The molecule has 3 aromatic rings. The van der Waals surface area contributed by atoms with Crippen LogP contribution in [0, 0.1) is 27.7 Å². The summed E-state index contributed by atoms with van der Waals surface area (Å²) in [6.45, 7) is 10.8. The van der Waals surface area contributed by atoms with Gasteiger partial charge in [0.15, 0.2) is 0 Å². The maximum atomic E-state index is 6.64. The Kier molecular flexibility index (Phi) is 6.71. The molecular formula is C28H29ClN4S2. The second kappa shape index (κ2) is 9.76. The zero-order chi connectivity index (χ0) is 24.7. The van der Waals surface area contributed by atoms with Gasteiger partial charge in [0.25, 0.3) is 0 Å². The maximum Gasteiger partial charge on any atom is 0.143 e. The van der Waals surface area contributed by atoms with E-state index in [0.717, 1.165) is 28.0 Å². The third-order valence-corrected chi connectivity index (χ3v) is 9.83. The van der Waals surface area contributed by atoms with Crippen LogP contribution in [0.15, 0.2) is 63.1 Å². The lowest BCUT2D eigenvalue weighted by Crippen LogP contribution is -2.24.